The second kappa shape index (κ2) is 12.9. The number of Topliss-reactive ketones (excluding diaryl/α,β-unsaturated/α-hetero) is 1. The molecule has 38 heavy (non-hydrogen) atoms. The number of aromatic amines is 1. The van der Waals surface area contributed by atoms with Crippen molar-refractivity contribution in [2.45, 2.75) is 76.3 Å². The molecule has 0 spiro atoms. The molecule has 2 heterocycles. The van der Waals surface area contributed by atoms with E-state index in [2.05, 4.69) is 20.5 Å². The first kappa shape index (κ1) is 26.9. The van der Waals surface area contributed by atoms with Gasteiger partial charge < -0.3 is 20.5 Å². The van der Waals surface area contributed by atoms with Gasteiger partial charge in [-0.05, 0) is 37.7 Å². The van der Waals surface area contributed by atoms with Crippen molar-refractivity contribution in [3.63, 3.8) is 0 Å². The zero-order valence-electron chi connectivity index (χ0n) is 22.6. The number of ketones is 1. The van der Waals surface area contributed by atoms with Crippen molar-refractivity contribution in [3.05, 3.63) is 36.0 Å². The van der Waals surface area contributed by atoms with Gasteiger partial charge in [0.2, 0.25) is 5.91 Å². The van der Waals surface area contributed by atoms with Crippen molar-refractivity contribution in [3.8, 4) is 0 Å². The Balaban J connectivity index is 1.43. The Bertz CT molecular complexity index is 1100. The van der Waals surface area contributed by atoms with Crippen LogP contribution < -0.4 is 10.6 Å². The molecule has 0 bridgehead atoms. The van der Waals surface area contributed by atoms with E-state index in [4.69, 9.17) is 0 Å². The molecule has 1 aromatic heterocycles. The van der Waals surface area contributed by atoms with E-state index < -0.39 is 17.7 Å². The van der Waals surface area contributed by atoms with Crippen LogP contribution in [0.3, 0.4) is 0 Å². The average Bonchev–Trinajstić information content (AvgIpc) is 3.40. The normalized spacial score (nSPS) is 20.7. The number of nitrogens with one attached hydrogen (secondary N) is 3. The molecule has 5 rings (SSSR count). The van der Waals surface area contributed by atoms with Gasteiger partial charge in [-0.1, -0.05) is 56.7 Å². The lowest BCUT2D eigenvalue weighted by atomic mass is 9.82. The summed E-state index contributed by atoms with van der Waals surface area (Å²) in [6.45, 7) is 4.68. The molecular weight excluding hydrogens is 478 g/mol. The van der Waals surface area contributed by atoms with E-state index in [-0.39, 0.29) is 17.9 Å². The standard InChI is InChI=1S/C30H43N5O3/c36-28(25-21-32-26-14-8-7-13-24(25)26)30(38)35(20-19-34-17-15-31-16-18-34)27(22-9-3-1-4-10-22)29(37)33-23-11-5-2-6-12-23/h7-8,13-14,21-23,27,31-32H,1-6,9-12,15-20H2,(H,33,37). The first-order valence-electron chi connectivity index (χ1n) is 14.8. The lowest BCUT2D eigenvalue weighted by Crippen LogP contribution is -2.58. The molecule has 3 fully saturated rings. The number of carbonyl (C=O) groups is 3. The Morgan fingerprint density at radius 3 is 2.37 bits per heavy atom. The van der Waals surface area contributed by atoms with E-state index in [9.17, 15) is 14.4 Å². The molecule has 1 atom stereocenters. The Hall–Kier alpha value is -2.71. The number of piperazine rings is 1. The van der Waals surface area contributed by atoms with Gasteiger partial charge in [-0.2, -0.15) is 0 Å². The zero-order valence-corrected chi connectivity index (χ0v) is 22.6. The van der Waals surface area contributed by atoms with E-state index in [0.29, 0.717) is 18.7 Å². The van der Waals surface area contributed by atoms with Crippen LogP contribution in [-0.4, -0.2) is 83.7 Å². The summed E-state index contributed by atoms with van der Waals surface area (Å²) in [5.74, 6) is -1.08. The predicted molar refractivity (Wildman–Crippen MR) is 149 cm³/mol. The van der Waals surface area contributed by atoms with Crippen molar-refractivity contribution in [1.29, 1.82) is 0 Å². The smallest absolute Gasteiger partial charge is 0.295 e. The van der Waals surface area contributed by atoms with Crippen LogP contribution in [0.15, 0.2) is 30.5 Å². The number of hydrogen-bond donors (Lipinski definition) is 3. The van der Waals surface area contributed by atoms with Crippen molar-refractivity contribution < 1.29 is 14.4 Å². The average molecular weight is 522 g/mol. The maximum absolute atomic E-state index is 14.1. The Labute approximate surface area is 225 Å². The molecule has 1 aliphatic heterocycles. The van der Waals surface area contributed by atoms with Crippen molar-refractivity contribution in [2.24, 2.45) is 5.92 Å². The topological polar surface area (TPSA) is 97.5 Å². The third-order valence-electron chi connectivity index (χ3n) is 8.81. The minimum atomic E-state index is -0.609. The summed E-state index contributed by atoms with van der Waals surface area (Å²) in [4.78, 5) is 48.9. The molecule has 3 aliphatic rings. The van der Waals surface area contributed by atoms with Crippen molar-refractivity contribution in [2.75, 3.05) is 39.3 Å². The molecule has 1 unspecified atom stereocenters. The summed E-state index contributed by atoms with van der Waals surface area (Å²) in [7, 11) is 0. The highest BCUT2D eigenvalue weighted by Crippen LogP contribution is 2.31. The molecular formula is C30H43N5O3. The van der Waals surface area contributed by atoms with Crippen molar-refractivity contribution in [1.82, 2.24) is 25.4 Å². The van der Waals surface area contributed by atoms with Crippen LogP contribution in [-0.2, 0) is 9.59 Å². The maximum Gasteiger partial charge on any atom is 0.295 e. The number of nitrogens with zero attached hydrogens (tertiary/aromatic N) is 2. The van der Waals surface area contributed by atoms with Crippen LogP contribution in [0.2, 0.25) is 0 Å². The number of H-pyrrole nitrogens is 1. The fourth-order valence-corrected chi connectivity index (χ4v) is 6.65. The molecule has 2 saturated carbocycles. The number of benzene rings is 1. The highest BCUT2D eigenvalue weighted by Gasteiger charge is 2.40. The fourth-order valence-electron chi connectivity index (χ4n) is 6.65. The molecule has 1 saturated heterocycles. The quantitative estimate of drug-likeness (QED) is 0.347. The van der Waals surface area contributed by atoms with Gasteiger partial charge in [-0.25, -0.2) is 0 Å². The largest absolute Gasteiger partial charge is 0.360 e. The van der Waals surface area contributed by atoms with Crippen LogP contribution in [0.5, 0.6) is 0 Å². The number of amides is 2. The molecule has 2 aromatic rings. The molecule has 2 aliphatic carbocycles. The summed E-state index contributed by atoms with van der Waals surface area (Å²) < 4.78 is 0. The highest BCUT2D eigenvalue weighted by atomic mass is 16.2. The van der Waals surface area contributed by atoms with Gasteiger partial charge in [-0.15, -0.1) is 0 Å². The van der Waals surface area contributed by atoms with Crippen molar-refractivity contribution >= 4 is 28.5 Å². The van der Waals surface area contributed by atoms with Crippen LogP contribution in [0.4, 0.5) is 0 Å². The summed E-state index contributed by atoms with van der Waals surface area (Å²) in [6, 6.07) is 7.11. The number of rotatable bonds is 9. The summed E-state index contributed by atoms with van der Waals surface area (Å²) in [5.41, 5.74) is 1.21. The first-order valence-corrected chi connectivity index (χ1v) is 14.8. The van der Waals surface area contributed by atoms with Gasteiger partial charge in [0.25, 0.3) is 11.7 Å². The van der Waals surface area contributed by atoms with Crippen LogP contribution in [0.1, 0.15) is 74.6 Å². The Morgan fingerprint density at radius 1 is 0.947 bits per heavy atom. The lowest BCUT2D eigenvalue weighted by molar-refractivity contribution is -0.140. The van der Waals surface area contributed by atoms with Crippen LogP contribution in [0.25, 0.3) is 10.9 Å². The van der Waals surface area contributed by atoms with E-state index in [1.807, 2.05) is 24.3 Å². The van der Waals surface area contributed by atoms with Gasteiger partial charge in [0.05, 0.1) is 5.56 Å². The number of aromatic nitrogens is 1. The maximum atomic E-state index is 14.1. The first-order chi connectivity index (χ1) is 18.6. The number of hydrogen-bond acceptors (Lipinski definition) is 5. The molecule has 3 N–H and O–H groups in total. The molecule has 2 amide bonds. The number of para-hydroxylation sites is 1. The summed E-state index contributed by atoms with van der Waals surface area (Å²) in [5, 5.41) is 7.44. The lowest BCUT2D eigenvalue weighted by Gasteiger charge is -2.39. The van der Waals surface area contributed by atoms with E-state index in [1.54, 1.807) is 11.1 Å². The van der Waals surface area contributed by atoms with Gasteiger partial charge in [0.15, 0.2) is 0 Å². The van der Waals surface area contributed by atoms with Crippen LogP contribution >= 0.6 is 0 Å². The van der Waals surface area contributed by atoms with Crippen LogP contribution in [0, 0.1) is 5.92 Å². The van der Waals surface area contributed by atoms with Gasteiger partial charge in [-0.3, -0.25) is 19.3 Å². The second-order valence-electron chi connectivity index (χ2n) is 11.4. The van der Waals surface area contributed by atoms with Gasteiger partial charge in [0, 0.05) is 62.4 Å². The second-order valence-corrected chi connectivity index (χ2v) is 11.4. The predicted octanol–water partition coefficient (Wildman–Crippen LogP) is 3.48. The zero-order chi connectivity index (χ0) is 26.3. The minimum absolute atomic E-state index is 0.0656. The third-order valence-corrected chi connectivity index (χ3v) is 8.81. The SMILES string of the molecule is O=C(C(=O)N(CCN1CCNCC1)C(C(=O)NC1CCCCC1)C1CCCCC1)c1c[nH]c2ccccc12. The monoisotopic (exact) mass is 521 g/mol. The number of fused-ring (bicyclic) bond motifs is 1. The molecule has 8 nitrogen and oxygen atoms in total. The molecule has 0 radical (unpaired) electrons. The molecule has 206 valence electrons. The summed E-state index contributed by atoms with van der Waals surface area (Å²) in [6.07, 6.45) is 12.2. The molecule has 8 heteroatoms. The minimum Gasteiger partial charge on any atom is -0.360 e. The summed E-state index contributed by atoms with van der Waals surface area (Å²) >= 11 is 0. The number of carbonyl (C=O) groups excluding carboxylic acids is 3. The Morgan fingerprint density at radius 2 is 1.63 bits per heavy atom. The van der Waals surface area contributed by atoms with E-state index in [1.165, 1.54) is 6.42 Å². The third kappa shape index (κ3) is 6.29. The Kier molecular flexibility index (Phi) is 9.12. The molecule has 1 aromatic carbocycles. The van der Waals surface area contributed by atoms with E-state index >= 15 is 0 Å². The fraction of sp³-hybridized carbons (Fsp3) is 0.633. The van der Waals surface area contributed by atoms with Gasteiger partial charge in [0.1, 0.15) is 6.04 Å². The van der Waals surface area contributed by atoms with E-state index in [0.717, 1.165) is 94.9 Å². The highest BCUT2D eigenvalue weighted by molar-refractivity contribution is 6.45. The van der Waals surface area contributed by atoms with Gasteiger partial charge >= 0.3 is 0 Å².